The zero-order valence-corrected chi connectivity index (χ0v) is 16.2. The van der Waals surface area contributed by atoms with E-state index in [4.69, 9.17) is 9.47 Å². The molecule has 0 N–H and O–H groups in total. The molecule has 1 unspecified atom stereocenters. The number of rotatable bonds is 13. The van der Waals surface area contributed by atoms with Gasteiger partial charge in [0.2, 0.25) is 0 Å². The number of hydrogen-bond donors (Lipinski definition) is 0. The molecule has 24 heavy (non-hydrogen) atoms. The molecule has 0 aromatic heterocycles. The van der Waals surface area contributed by atoms with Gasteiger partial charge in [0.15, 0.2) is 0 Å². The highest BCUT2D eigenvalue weighted by molar-refractivity contribution is 5.77. The molecule has 4 heteroatoms. The SMILES string of the molecule is CC(C)=CCCC(C)CCOC(=O)CCC(=O)OCCCC(C)C. The van der Waals surface area contributed by atoms with E-state index in [2.05, 4.69) is 40.7 Å². The van der Waals surface area contributed by atoms with Gasteiger partial charge in [-0.25, -0.2) is 0 Å². The van der Waals surface area contributed by atoms with Crippen molar-refractivity contribution in [1.82, 2.24) is 0 Å². The molecule has 0 aliphatic rings. The first-order chi connectivity index (χ1) is 11.3. The monoisotopic (exact) mass is 340 g/mol. The van der Waals surface area contributed by atoms with Crippen molar-refractivity contribution < 1.29 is 19.1 Å². The Labute approximate surface area is 148 Å². The zero-order chi connectivity index (χ0) is 18.4. The summed E-state index contributed by atoms with van der Waals surface area (Å²) in [5.74, 6) is 0.513. The predicted octanol–water partition coefficient (Wildman–Crippen LogP) is 5.06. The lowest BCUT2D eigenvalue weighted by molar-refractivity contribution is -0.150. The number of carbonyl (C=O) groups excluding carboxylic acids is 2. The van der Waals surface area contributed by atoms with Gasteiger partial charge in [0.05, 0.1) is 26.1 Å². The van der Waals surface area contributed by atoms with E-state index in [1.54, 1.807) is 0 Å². The summed E-state index contributed by atoms with van der Waals surface area (Å²) in [6.07, 6.45) is 7.40. The Balaban J connectivity index is 3.61. The molecular weight excluding hydrogens is 304 g/mol. The molecule has 0 aromatic rings. The van der Waals surface area contributed by atoms with Crippen molar-refractivity contribution in [2.75, 3.05) is 13.2 Å². The molecule has 0 aliphatic carbocycles. The van der Waals surface area contributed by atoms with Crippen molar-refractivity contribution >= 4 is 11.9 Å². The molecule has 0 aliphatic heterocycles. The molecule has 0 bridgehead atoms. The van der Waals surface area contributed by atoms with Crippen LogP contribution in [0.4, 0.5) is 0 Å². The third-order valence-corrected chi connectivity index (χ3v) is 3.81. The van der Waals surface area contributed by atoms with E-state index in [0.29, 0.717) is 25.0 Å². The Morgan fingerprint density at radius 1 is 0.875 bits per heavy atom. The van der Waals surface area contributed by atoms with E-state index in [1.165, 1.54) is 5.57 Å². The molecule has 0 fully saturated rings. The number of hydrogen-bond acceptors (Lipinski definition) is 4. The highest BCUT2D eigenvalue weighted by Gasteiger charge is 2.10. The fraction of sp³-hybridized carbons (Fsp3) is 0.800. The van der Waals surface area contributed by atoms with Crippen LogP contribution in [0.5, 0.6) is 0 Å². The Hall–Kier alpha value is -1.32. The van der Waals surface area contributed by atoms with Gasteiger partial charge in [-0.15, -0.1) is 0 Å². The van der Waals surface area contributed by atoms with Crippen LogP contribution < -0.4 is 0 Å². The van der Waals surface area contributed by atoms with Gasteiger partial charge in [-0.1, -0.05) is 32.4 Å². The van der Waals surface area contributed by atoms with E-state index in [-0.39, 0.29) is 24.8 Å². The van der Waals surface area contributed by atoms with Crippen molar-refractivity contribution in [2.45, 2.75) is 79.6 Å². The summed E-state index contributed by atoms with van der Waals surface area (Å²) in [5, 5.41) is 0. The van der Waals surface area contributed by atoms with Crippen LogP contribution in [0.15, 0.2) is 11.6 Å². The maximum absolute atomic E-state index is 11.6. The summed E-state index contributed by atoms with van der Waals surface area (Å²) >= 11 is 0. The average Bonchev–Trinajstić information content (AvgIpc) is 2.49. The van der Waals surface area contributed by atoms with Crippen LogP contribution in [0, 0.1) is 11.8 Å². The van der Waals surface area contributed by atoms with Gasteiger partial charge in [0, 0.05) is 0 Å². The van der Waals surface area contributed by atoms with Crippen LogP contribution >= 0.6 is 0 Å². The van der Waals surface area contributed by atoms with Crippen LogP contribution in [0.1, 0.15) is 79.6 Å². The van der Waals surface area contributed by atoms with Crippen LogP contribution in [-0.2, 0) is 19.1 Å². The summed E-state index contributed by atoms with van der Waals surface area (Å²) in [6.45, 7) is 11.5. The lowest BCUT2D eigenvalue weighted by atomic mass is 10.0. The average molecular weight is 341 g/mol. The second-order valence-electron chi connectivity index (χ2n) is 7.23. The lowest BCUT2D eigenvalue weighted by Gasteiger charge is -2.10. The maximum atomic E-state index is 11.6. The van der Waals surface area contributed by atoms with Crippen LogP contribution in [0.3, 0.4) is 0 Å². The van der Waals surface area contributed by atoms with Gasteiger partial charge in [0.25, 0.3) is 0 Å². The molecule has 1 atom stereocenters. The number of ether oxygens (including phenoxy) is 2. The molecule has 0 rings (SSSR count). The molecule has 0 saturated heterocycles. The van der Waals surface area contributed by atoms with Crippen molar-refractivity contribution in [3.63, 3.8) is 0 Å². The normalized spacial score (nSPS) is 11.9. The first-order valence-corrected chi connectivity index (χ1v) is 9.25. The standard InChI is InChI=1S/C20H36O4/c1-16(2)8-6-10-18(5)13-15-24-20(22)12-11-19(21)23-14-7-9-17(3)4/h8,17-18H,6-7,9-15H2,1-5H3. The van der Waals surface area contributed by atoms with Gasteiger partial charge in [-0.3, -0.25) is 9.59 Å². The summed E-state index contributed by atoms with van der Waals surface area (Å²) < 4.78 is 10.3. The molecule has 0 aromatic carbocycles. The van der Waals surface area contributed by atoms with Crippen molar-refractivity contribution in [1.29, 1.82) is 0 Å². The van der Waals surface area contributed by atoms with Gasteiger partial charge in [-0.05, 0) is 57.8 Å². The van der Waals surface area contributed by atoms with Crippen molar-refractivity contribution in [3.05, 3.63) is 11.6 Å². The minimum absolute atomic E-state index is 0.106. The Morgan fingerprint density at radius 2 is 1.46 bits per heavy atom. The second kappa shape index (κ2) is 14.1. The largest absolute Gasteiger partial charge is 0.466 e. The first kappa shape index (κ1) is 22.7. The predicted molar refractivity (Wildman–Crippen MR) is 97.7 cm³/mol. The van der Waals surface area contributed by atoms with E-state index in [0.717, 1.165) is 32.1 Å². The topological polar surface area (TPSA) is 52.6 Å². The molecular formula is C20H36O4. The highest BCUT2D eigenvalue weighted by Crippen LogP contribution is 2.12. The lowest BCUT2D eigenvalue weighted by Crippen LogP contribution is -2.12. The fourth-order valence-electron chi connectivity index (χ4n) is 2.20. The number of allylic oxidation sites excluding steroid dienone is 2. The van der Waals surface area contributed by atoms with E-state index >= 15 is 0 Å². The Bertz CT molecular complexity index is 381. The van der Waals surface area contributed by atoms with Gasteiger partial charge in [0.1, 0.15) is 0 Å². The first-order valence-electron chi connectivity index (χ1n) is 9.25. The summed E-state index contributed by atoms with van der Waals surface area (Å²) in [5.41, 5.74) is 1.34. The van der Waals surface area contributed by atoms with E-state index < -0.39 is 0 Å². The second-order valence-corrected chi connectivity index (χ2v) is 7.23. The molecule has 0 saturated carbocycles. The Morgan fingerprint density at radius 3 is 2.00 bits per heavy atom. The van der Waals surface area contributed by atoms with Crippen LogP contribution in [-0.4, -0.2) is 25.2 Å². The third-order valence-electron chi connectivity index (χ3n) is 3.81. The minimum Gasteiger partial charge on any atom is -0.466 e. The Kier molecular flexibility index (Phi) is 13.3. The van der Waals surface area contributed by atoms with Crippen LogP contribution in [0.2, 0.25) is 0 Å². The van der Waals surface area contributed by atoms with Gasteiger partial charge in [-0.2, -0.15) is 0 Å². The van der Waals surface area contributed by atoms with E-state index in [1.807, 2.05) is 0 Å². The minimum atomic E-state index is -0.314. The molecule has 140 valence electrons. The fourth-order valence-corrected chi connectivity index (χ4v) is 2.20. The summed E-state index contributed by atoms with van der Waals surface area (Å²) in [4.78, 5) is 23.1. The van der Waals surface area contributed by atoms with Crippen LogP contribution in [0.25, 0.3) is 0 Å². The molecule has 0 spiro atoms. The summed E-state index contributed by atoms with van der Waals surface area (Å²) in [7, 11) is 0. The van der Waals surface area contributed by atoms with E-state index in [9.17, 15) is 9.59 Å². The molecule has 0 heterocycles. The van der Waals surface area contributed by atoms with Crippen molar-refractivity contribution in [3.8, 4) is 0 Å². The summed E-state index contributed by atoms with van der Waals surface area (Å²) in [6, 6.07) is 0. The number of carbonyl (C=O) groups is 2. The van der Waals surface area contributed by atoms with Gasteiger partial charge < -0.3 is 9.47 Å². The number of esters is 2. The molecule has 4 nitrogen and oxygen atoms in total. The van der Waals surface area contributed by atoms with Crippen molar-refractivity contribution in [2.24, 2.45) is 11.8 Å². The smallest absolute Gasteiger partial charge is 0.306 e. The van der Waals surface area contributed by atoms with Gasteiger partial charge >= 0.3 is 11.9 Å². The highest BCUT2D eigenvalue weighted by atomic mass is 16.5. The molecule has 0 amide bonds. The maximum Gasteiger partial charge on any atom is 0.306 e. The molecule has 0 radical (unpaired) electrons. The zero-order valence-electron chi connectivity index (χ0n) is 16.2. The third kappa shape index (κ3) is 15.6. The quantitative estimate of drug-likeness (QED) is 0.267.